The van der Waals surface area contributed by atoms with Crippen molar-refractivity contribution >= 4 is 0 Å². The van der Waals surface area contributed by atoms with E-state index in [1.54, 1.807) is 12.1 Å². The van der Waals surface area contributed by atoms with Gasteiger partial charge in [-0.25, -0.2) is 4.39 Å². The van der Waals surface area contributed by atoms with E-state index in [-0.39, 0.29) is 24.3 Å². The third-order valence-corrected chi connectivity index (χ3v) is 1.78. The third-order valence-electron chi connectivity index (χ3n) is 1.78. The van der Waals surface area contributed by atoms with Crippen molar-refractivity contribution in [3.8, 4) is 0 Å². The Labute approximate surface area is 84.5 Å². The fraction of sp³-hybridized carbons (Fsp3) is 0.400. The predicted octanol–water partition coefficient (Wildman–Crippen LogP) is -0.890. The molecule has 1 aromatic carbocycles. The van der Waals surface area contributed by atoms with Gasteiger partial charge < -0.3 is 18.1 Å². The van der Waals surface area contributed by atoms with Crippen LogP contribution < -0.4 is 18.1 Å². The van der Waals surface area contributed by atoms with E-state index in [0.29, 0.717) is 0 Å². The van der Waals surface area contributed by atoms with Crippen molar-refractivity contribution in [3.05, 3.63) is 35.6 Å². The summed E-state index contributed by atoms with van der Waals surface area (Å²) < 4.78 is 12.7. The van der Waals surface area contributed by atoms with Crippen molar-refractivity contribution in [1.29, 1.82) is 0 Å². The molecule has 1 atom stereocenters. The monoisotopic (exact) mass is 202 g/mol. The number of hydrogen-bond acceptors (Lipinski definition) is 1. The zero-order valence-electron chi connectivity index (χ0n) is 7.63. The molecule has 13 heavy (non-hydrogen) atoms. The van der Waals surface area contributed by atoms with Crippen LogP contribution in [0, 0.1) is 5.82 Å². The lowest BCUT2D eigenvalue weighted by Gasteiger charge is -2.04. The fourth-order valence-electron chi connectivity index (χ4n) is 1.09. The highest BCUT2D eigenvalue weighted by molar-refractivity contribution is 5.16. The third kappa shape index (κ3) is 4.86. The van der Waals surface area contributed by atoms with Gasteiger partial charge in [-0.05, 0) is 37.5 Å². The summed E-state index contributed by atoms with van der Waals surface area (Å²) in [5, 5.41) is 0. The highest BCUT2D eigenvalue weighted by atomic mass is 35.5. The zero-order valence-corrected chi connectivity index (χ0v) is 8.39. The molecule has 0 saturated carbocycles. The maximum atomic E-state index is 12.7. The highest BCUT2D eigenvalue weighted by Gasteiger charge is 1.97. The number of nitrogens with two attached hydrogens (primary N) is 1. The molecular weight excluding hydrogens is 189 g/mol. The van der Waals surface area contributed by atoms with E-state index < -0.39 is 0 Å². The minimum Gasteiger partial charge on any atom is -1.00 e. The molecular formula is C10H14ClFN-. The quantitative estimate of drug-likeness (QED) is 0.677. The Bertz CT molecular complexity index is 250. The molecule has 74 valence electrons. The van der Waals surface area contributed by atoms with E-state index in [0.717, 1.165) is 18.4 Å². The first-order valence-electron chi connectivity index (χ1n) is 4.18. The Hall–Kier alpha value is -0.600. The molecule has 1 rings (SSSR count). The zero-order chi connectivity index (χ0) is 8.97. The Morgan fingerprint density at radius 3 is 2.69 bits per heavy atom. The molecule has 1 aromatic rings. The van der Waals surface area contributed by atoms with Crippen LogP contribution in [-0.2, 0) is 6.42 Å². The number of benzene rings is 1. The number of halogens is 2. The lowest BCUT2D eigenvalue weighted by atomic mass is 10.1. The second kappa shape index (κ2) is 5.95. The van der Waals surface area contributed by atoms with Crippen LogP contribution in [0.1, 0.15) is 18.9 Å². The molecule has 0 aromatic heterocycles. The van der Waals surface area contributed by atoms with Crippen LogP contribution in [0.3, 0.4) is 0 Å². The van der Waals surface area contributed by atoms with Gasteiger partial charge in [-0.15, -0.1) is 0 Å². The molecule has 2 N–H and O–H groups in total. The molecule has 0 aliphatic carbocycles. The molecule has 0 amide bonds. The van der Waals surface area contributed by atoms with Gasteiger partial charge >= 0.3 is 0 Å². The van der Waals surface area contributed by atoms with Crippen LogP contribution in [0.15, 0.2) is 24.3 Å². The van der Waals surface area contributed by atoms with E-state index in [1.165, 1.54) is 6.07 Å². The molecule has 0 fully saturated rings. The average molecular weight is 203 g/mol. The van der Waals surface area contributed by atoms with Gasteiger partial charge in [-0.3, -0.25) is 0 Å². The SMILES string of the molecule is CC(N)CCc1cccc(F)c1.[Cl-]. The maximum Gasteiger partial charge on any atom is 0.123 e. The summed E-state index contributed by atoms with van der Waals surface area (Å²) in [7, 11) is 0. The average Bonchev–Trinajstić information content (AvgIpc) is 2.01. The number of hydrogen-bond donors (Lipinski definition) is 1. The molecule has 1 nitrogen and oxygen atoms in total. The summed E-state index contributed by atoms with van der Waals surface area (Å²) in [6, 6.07) is 6.85. The number of rotatable bonds is 3. The van der Waals surface area contributed by atoms with Crippen molar-refractivity contribution in [2.24, 2.45) is 5.73 Å². The highest BCUT2D eigenvalue weighted by Crippen LogP contribution is 2.06. The van der Waals surface area contributed by atoms with Gasteiger partial charge in [0.05, 0.1) is 0 Å². The summed E-state index contributed by atoms with van der Waals surface area (Å²) >= 11 is 0. The smallest absolute Gasteiger partial charge is 0.123 e. The van der Waals surface area contributed by atoms with Crippen molar-refractivity contribution in [2.75, 3.05) is 0 Å². The van der Waals surface area contributed by atoms with Crippen LogP contribution >= 0.6 is 0 Å². The molecule has 0 heterocycles. The van der Waals surface area contributed by atoms with Gasteiger partial charge in [-0.2, -0.15) is 0 Å². The van der Waals surface area contributed by atoms with Crippen LogP contribution in [0.4, 0.5) is 4.39 Å². The van der Waals surface area contributed by atoms with Crippen LogP contribution in [0.25, 0.3) is 0 Å². The normalized spacial score (nSPS) is 11.9. The first-order valence-corrected chi connectivity index (χ1v) is 4.18. The maximum absolute atomic E-state index is 12.7. The van der Waals surface area contributed by atoms with Crippen molar-refractivity contribution in [2.45, 2.75) is 25.8 Å². The molecule has 0 radical (unpaired) electrons. The Kier molecular flexibility index (Phi) is 5.67. The van der Waals surface area contributed by atoms with E-state index in [2.05, 4.69) is 0 Å². The summed E-state index contributed by atoms with van der Waals surface area (Å²) in [5.74, 6) is -0.169. The summed E-state index contributed by atoms with van der Waals surface area (Å²) in [4.78, 5) is 0. The minimum absolute atomic E-state index is 0. The fourth-order valence-corrected chi connectivity index (χ4v) is 1.09. The first kappa shape index (κ1) is 12.4. The molecule has 0 aliphatic heterocycles. The Balaban J connectivity index is 0.00000144. The lowest BCUT2D eigenvalue weighted by molar-refractivity contribution is -0.00000339. The molecule has 0 saturated heterocycles. The summed E-state index contributed by atoms with van der Waals surface area (Å²) in [6.45, 7) is 1.96. The van der Waals surface area contributed by atoms with Crippen molar-refractivity contribution in [1.82, 2.24) is 0 Å². The van der Waals surface area contributed by atoms with Gasteiger partial charge in [0.2, 0.25) is 0 Å². The van der Waals surface area contributed by atoms with Crippen LogP contribution in [0.5, 0.6) is 0 Å². The largest absolute Gasteiger partial charge is 1.00 e. The van der Waals surface area contributed by atoms with Gasteiger partial charge in [-0.1, -0.05) is 12.1 Å². The topological polar surface area (TPSA) is 26.0 Å². The Morgan fingerprint density at radius 2 is 2.15 bits per heavy atom. The second-order valence-electron chi connectivity index (χ2n) is 3.15. The van der Waals surface area contributed by atoms with Gasteiger partial charge in [0.15, 0.2) is 0 Å². The van der Waals surface area contributed by atoms with Gasteiger partial charge in [0.25, 0.3) is 0 Å². The second-order valence-corrected chi connectivity index (χ2v) is 3.15. The summed E-state index contributed by atoms with van der Waals surface area (Å²) in [6.07, 6.45) is 1.76. The molecule has 0 bridgehead atoms. The van der Waals surface area contributed by atoms with E-state index >= 15 is 0 Å². The number of aryl methyl sites for hydroxylation is 1. The molecule has 0 aliphatic rings. The first-order chi connectivity index (χ1) is 5.68. The molecule has 1 unspecified atom stereocenters. The van der Waals surface area contributed by atoms with E-state index in [9.17, 15) is 4.39 Å². The van der Waals surface area contributed by atoms with Crippen molar-refractivity contribution < 1.29 is 16.8 Å². The van der Waals surface area contributed by atoms with Crippen LogP contribution in [-0.4, -0.2) is 6.04 Å². The van der Waals surface area contributed by atoms with Gasteiger partial charge in [0, 0.05) is 6.04 Å². The Morgan fingerprint density at radius 1 is 1.46 bits per heavy atom. The lowest BCUT2D eigenvalue weighted by Crippen LogP contribution is -3.00. The van der Waals surface area contributed by atoms with E-state index in [4.69, 9.17) is 5.73 Å². The summed E-state index contributed by atoms with van der Waals surface area (Å²) in [5.41, 5.74) is 6.61. The standard InChI is InChI=1S/C10H14FN.ClH/c1-8(12)5-6-9-3-2-4-10(11)7-9;/h2-4,7-8H,5-6,12H2,1H3;1H/p-1. The molecule has 3 heteroatoms. The van der Waals surface area contributed by atoms with E-state index in [1.807, 2.05) is 13.0 Å². The predicted molar refractivity (Wildman–Crippen MR) is 48.4 cm³/mol. The molecule has 0 spiro atoms. The minimum atomic E-state index is -0.169. The van der Waals surface area contributed by atoms with Crippen molar-refractivity contribution in [3.63, 3.8) is 0 Å². The van der Waals surface area contributed by atoms with Crippen LogP contribution in [0.2, 0.25) is 0 Å². The van der Waals surface area contributed by atoms with Gasteiger partial charge in [0.1, 0.15) is 5.82 Å².